The van der Waals surface area contributed by atoms with E-state index in [9.17, 15) is 4.79 Å². The van der Waals surface area contributed by atoms with Crippen molar-refractivity contribution in [3.05, 3.63) is 28.8 Å². The molecule has 1 aliphatic rings. The Morgan fingerprint density at radius 1 is 1.53 bits per heavy atom. The fraction of sp³-hybridized carbons (Fsp3) is 0.300. The van der Waals surface area contributed by atoms with E-state index in [1.54, 1.807) is 6.07 Å². The highest BCUT2D eigenvalue weighted by Crippen LogP contribution is 2.42. The van der Waals surface area contributed by atoms with Gasteiger partial charge >= 0.3 is 6.03 Å². The van der Waals surface area contributed by atoms with Crippen molar-refractivity contribution in [1.29, 1.82) is 0 Å². The highest BCUT2D eigenvalue weighted by atomic mass is 35.5. The third-order valence-electron chi connectivity index (χ3n) is 2.46. The molecular formula is C10H11ClN2OS. The molecule has 1 aromatic carbocycles. The maximum absolute atomic E-state index is 10.9. The Labute approximate surface area is 98.7 Å². The van der Waals surface area contributed by atoms with Crippen LogP contribution in [0.5, 0.6) is 0 Å². The van der Waals surface area contributed by atoms with Crippen LogP contribution in [0.2, 0.25) is 5.02 Å². The summed E-state index contributed by atoms with van der Waals surface area (Å²) in [4.78, 5) is 10.9. The highest BCUT2D eigenvalue weighted by molar-refractivity contribution is 7.82. The maximum atomic E-state index is 10.9. The molecule has 0 spiro atoms. The van der Waals surface area contributed by atoms with Gasteiger partial charge < -0.3 is 5.73 Å². The molecule has 0 unspecified atom stereocenters. The molecule has 0 radical (unpaired) electrons. The number of rotatable bonds is 2. The molecule has 3 nitrogen and oxygen atoms in total. The molecule has 5 heteroatoms. The van der Waals surface area contributed by atoms with Gasteiger partial charge in [-0.15, -0.1) is 0 Å². The van der Waals surface area contributed by atoms with Gasteiger partial charge in [-0.1, -0.05) is 30.5 Å². The first kappa shape index (κ1) is 10.6. The Kier molecular flexibility index (Phi) is 2.80. The molecule has 1 aromatic rings. The van der Waals surface area contributed by atoms with Gasteiger partial charge in [0.2, 0.25) is 0 Å². The number of primary amides is 1. The molecular weight excluding hydrogens is 232 g/mol. The van der Waals surface area contributed by atoms with Crippen molar-refractivity contribution in [3.63, 3.8) is 0 Å². The first-order valence-corrected chi connectivity index (χ1v) is 5.45. The first-order valence-electron chi connectivity index (χ1n) is 4.67. The van der Waals surface area contributed by atoms with Gasteiger partial charge in [0.25, 0.3) is 0 Å². The summed E-state index contributed by atoms with van der Waals surface area (Å²) in [6.45, 7) is 0. The quantitative estimate of drug-likeness (QED) is 0.770. The van der Waals surface area contributed by atoms with Crippen LogP contribution in [0.1, 0.15) is 24.3 Å². The van der Waals surface area contributed by atoms with Crippen LogP contribution in [0.15, 0.2) is 18.2 Å². The van der Waals surface area contributed by atoms with Crippen LogP contribution in [0, 0.1) is 0 Å². The van der Waals surface area contributed by atoms with E-state index in [2.05, 4.69) is 12.8 Å². The van der Waals surface area contributed by atoms with Gasteiger partial charge in [0.05, 0.1) is 10.7 Å². The van der Waals surface area contributed by atoms with Gasteiger partial charge in [-0.25, -0.2) is 9.10 Å². The molecule has 0 aromatic heterocycles. The van der Waals surface area contributed by atoms with Gasteiger partial charge in [0.1, 0.15) is 0 Å². The summed E-state index contributed by atoms with van der Waals surface area (Å²) >= 11 is 10.0. The summed E-state index contributed by atoms with van der Waals surface area (Å²) < 4.78 is 1.04. The largest absolute Gasteiger partial charge is 0.350 e. The summed E-state index contributed by atoms with van der Waals surface area (Å²) in [7, 11) is 0. The molecule has 2 N–H and O–H groups in total. The summed E-state index contributed by atoms with van der Waals surface area (Å²) in [5, 5.41) is 0.508. The average molecular weight is 243 g/mol. The van der Waals surface area contributed by atoms with Crippen molar-refractivity contribution in [1.82, 2.24) is 0 Å². The molecule has 0 bridgehead atoms. The molecule has 15 heavy (non-hydrogen) atoms. The minimum atomic E-state index is -0.639. The zero-order chi connectivity index (χ0) is 11.0. The van der Waals surface area contributed by atoms with Crippen LogP contribution in [-0.4, -0.2) is 6.03 Å². The second-order valence-corrected chi connectivity index (χ2v) is 4.44. The minimum Gasteiger partial charge on any atom is -0.350 e. The number of hydrogen-bond acceptors (Lipinski definition) is 2. The van der Waals surface area contributed by atoms with Crippen LogP contribution >= 0.6 is 24.4 Å². The third-order valence-corrected chi connectivity index (χ3v) is 3.17. The molecule has 0 saturated heterocycles. The number of nitrogens with two attached hydrogens (primary N) is 1. The van der Waals surface area contributed by atoms with E-state index in [0.29, 0.717) is 16.6 Å². The van der Waals surface area contributed by atoms with Crippen LogP contribution in [0.25, 0.3) is 0 Å². The van der Waals surface area contributed by atoms with E-state index in [1.165, 1.54) is 18.4 Å². The molecule has 2 amide bonds. The van der Waals surface area contributed by atoms with E-state index in [1.807, 2.05) is 12.1 Å². The summed E-state index contributed by atoms with van der Waals surface area (Å²) in [6.07, 6.45) is 2.44. The summed E-state index contributed by atoms with van der Waals surface area (Å²) in [6, 6.07) is 4.97. The van der Waals surface area contributed by atoms with E-state index < -0.39 is 6.03 Å². The molecule has 0 heterocycles. The second-order valence-electron chi connectivity index (χ2n) is 3.64. The van der Waals surface area contributed by atoms with Crippen LogP contribution < -0.4 is 10.0 Å². The Bertz CT molecular complexity index is 406. The topological polar surface area (TPSA) is 46.3 Å². The van der Waals surface area contributed by atoms with Gasteiger partial charge in [-0.3, -0.25) is 0 Å². The normalized spacial score (nSPS) is 15.1. The van der Waals surface area contributed by atoms with E-state index in [-0.39, 0.29) is 0 Å². The SMILES string of the molecule is NC(=O)N(S)c1ccc(C2CC2)cc1Cl. The number of halogens is 1. The summed E-state index contributed by atoms with van der Waals surface area (Å²) in [5.74, 6) is 0.637. The average Bonchev–Trinajstić information content (AvgIpc) is 2.99. The molecule has 0 atom stereocenters. The van der Waals surface area contributed by atoms with Crippen LogP contribution in [-0.2, 0) is 0 Å². The number of anilines is 1. The van der Waals surface area contributed by atoms with Gasteiger partial charge in [0, 0.05) is 0 Å². The van der Waals surface area contributed by atoms with Crippen molar-refractivity contribution in [2.45, 2.75) is 18.8 Å². The number of nitrogens with zero attached hydrogens (tertiary/aromatic N) is 1. The molecule has 1 saturated carbocycles. The number of carbonyl (C=O) groups excluding carboxylic acids is 1. The highest BCUT2D eigenvalue weighted by Gasteiger charge is 2.24. The number of thiol groups is 1. The smallest absolute Gasteiger partial charge is 0.329 e. The second kappa shape index (κ2) is 3.94. The van der Waals surface area contributed by atoms with Crippen LogP contribution in [0.4, 0.5) is 10.5 Å². The number of hydrogen-bond donors (Lipinski definition) is 2. The van der Waals surface area contributed by atoms with E-state index in [4.69, 9.17) is 17.3 Å². The van der Waals surface area contributed by atoms with Crippen molar-refractivity contribution in [2.75, 3.05) is 4.31 Å². The zero-order valence-electron chi connectivity index (χ0n) is 7.98. The lowest BCUT2D eigenvalue weighted by molar-refractivity contribution is 0.257. The number of benzene rings is 1. The molecule has 1 fully saturated rings. The van der Waals surface area contributed by atoms with Crippen molar-refractivity contribution in [2.24, 2.45) is 5.73 Å². The molecule has 80 valence electrons. The predicted octanol–water partition coefficient (Wildman–Crippen LogP) is 2.95. The fourth-order valence-corrected chi connectivity index (χ4v) is 1.99. The monoisotopic (exact) mass is 242 g/mol. The number of urea groups is 1. The Morgan fingerprint density at radius 3 is 2.67 bits per heavy atom. The van der Waals surface area contributed by atoms with Crippen molar-refractivity contribution in [3.8, 4) is 0 Å². The fourth-order valence-electron chi connectivity index (χ4n) is 1.48. The number of amides is 2. The Morgan fingerprint density at radius 2 is 2.20 bits per heavy atom. The van der Waals surface area contributed by atoms with Crippen molar-refractivity contribution < 1.29 is 4.79 Å². The standard InChI is InChI=1S/C10H11ClN2OS/c11-8-5-7(6-1-2-6)3-4-9(8)13(15)10(12)14/h3-6,15H,1-2H2,(H2,12,14). The first-order chi connectivity index (χ1) is 7.09. The van der Waals surface area contributed by atoms with Crippen LogP contribution in [0.3, 0.4) is 0 Å². The number of carbonyl (C=O) groups is 1. The maximum Gasteiger partial charge on any atom is 0.329 e. The lowest BCUT2D eigenvalue weighted by Gasteiger charge is -2.14. The Hall–Kier alpha value is -0.870. The lowest BCUT2D eigenvalue weighted by atomic mass is 10.1. The van der Waals surface area contributed by atoms with Gasteiger partial charge in [-0.05, 0) is 36.5 Å². The Balaban J connectivity index is 2.29. The van der Waals surface area contributed by atoms with E-state index >= 15 is 0 Å². The minimum absolute atomic E-state index is 0.508. The zero-order valence-corrected chi connectivity index (χ0v) is 9.63. The molecule has 0 aliphatic heterocycles. The molecule has 1 aliphatic carbocycles. The van der Waals surface area contributed by atoms with Gasteiger partial charge in [0.15, 0.2) is 0 Å². The molecule has 2 rings (SSSR count). The van der Waals surface area contributed by atoms with Gasteiger partial charge in [-0.2, -0.15) is 0 Å². The van der Waals surface area contributed by atoms with Crippen molar-refractivity contribution >= 4 is 36.1 Å². The lowest BCUT2D eigenvalue weighted by Crippen LogP contribution is -2.27. The predicted molar refractivity (Wildman–Crippen MR) is 64.5 cm³/mol. The van der Waals surface area contributed by atoms with E-state index in [0.717, 1.165) is 4.31 Å². The summed E-state index contributed by atoms with van der Waals surface area (Å²) in [5.41, 5.74) is 6.84. The third kappa shape index (κ3) is 2.21.